The smallest absolute Gasteiger partial charge is 0.414 e. The predicted octanol–water partition coefficient (Wildman–Crippen LogP) is 3.51. The fourth-order valence-electron chi connectivity index (χ4n) is 4.30. The molecule has 9 nitrogen and oxygen atoms in total. The van der Waals surface area contributed by atoms with E-state index in [1.165, 1.54) is 0 Å². The summed E-state index contributed by atoms with van der Waals surface area (Å²) in [5, 5.41) is 10.6. The van der Waals surface area contributed by atoms with Gasteiger partial charge in [-0.3, -0.25) is 9.88 Å². The number of hydrogen-bond acceptors (Lipinski definition) is 8. The van der Waals surface area contributed by atoms with Gasteiger partial charge in [0, 0.05) is 18.3 Å². The van der Waals surface area contributed by atoms with Crippen molar-refractivity contribution in [2.75, 3.05) is 31.8 Å². The molecule has 178 valence electrons. The van der Waals surface area contributed by atoms with Crippen LogP contribution in [-0.4, -0.2) is 60.2 Å². The standard InChI is InChI=1S/C25H27N3O6/c1-31-23-9-7-20-24(27-23)16(10-11-26-20)2-4-18(29)5-6-19-15-28(25(30)34-19)17-3-8-21-22(14-17)33-13-12-32-21/h3,7-11,14,18-19,29H,2,4-6,12-13,15H2,1H3/t18-,19?/m1/s1. The Bertz CT molecular complexity index is 1190. The zero-order valence-corrected chi connectivity index (χ0v) is 19.0. The maximum Gasteiger partial charge on any atom is 0.414 e. The maximum atomic E-state index is 12.4. The molecule has 0 radical (unpaired) electrons. The largest absolute Gasteiger partial charge is 0.486 e. The topological polar surface area (TPSA) is 103 Å². The third-order valence-corrected chi connectivity index (χ3v) is 6.13. The Balaban J connectivity index is 1.15. The van der Waals surface area contributed by atoms with Gasteiger partial charge in [-0.25, -0.2) is 9.78 Å². The van der Waals surface area contributed by atoms with Crippen molar-refractivity contribution in [1.82, 2.24) is 9.97 Å². The molecule has 4 heterocycles. The van der Waals surface area contributed by atoms with E-state index >= 15 is 0 Å². The SMILES string of the molecule is COc1ccc2nccc(CC[C@@H](O)CCC3CN(c4ccc5c(c4)OCCO5)C(=O)O3)c2n1. The first-order chi connectivity index (χ1) is 16.6. The van der Waals surface area contributed by atoms with Crippen molar-refractivity contribution >= 4 is 22.8 Å². The fourth-order valence-corrected chi connectivity index (χ4v) is 4.30. The molecule has 1 saturated heterocycles. The maximum absolute atomic E-state index is 12.4. The number of cyclic esters (lactones) is 1. The molecule has 0 saturated carbocycles. The molecule has 3 aromatic rings. The van der Waals surface area contributed by atoms with Crippen LogP contribution in [0.4, 0.5) is 10.5 Å². The Morgan fingerprint density at radius 3 is 2.85 bits per heavy atom. The fraction of sp³-hybridized carbons (Fsp3) is 0.400. The van der Waals surface area contributed by atoms with E-state index in [2.05, 4.69) is 9.97 Å². The van der Waals surface area contributed by atoms with E-state index in [1.807, 2.05) is 18.2 Å². The van der Waals surface area contributed by atoms with Crippen molar-refractivity contribution in [2.45, 2.75) is 37.9 Å². The number of nitrogens with zero attached hydrogens (tertiary/aromatic N) is 3. The molecule has 0 aliphatic carbocycles. The number of rotatable bonds is 8. The van der Waals surface area contributed by atoms with Gasteiger partial charge in [-0.15, -0.1) is 0 Å². The molecule has 2 aliphatic heterocycles. The number of carbonyl (C=O) groups is 1. The van der Waals surface area contributed by atoms with Gasteiger partial charge in [-0.05, 0) is 55.5 Å². The number of amides is 1. The van der Waals surface area contributed by atoms with Gasteiger partial charge in [-0.1, -0.05) is 0 Å². The summed E-state index contributed by atoms with van der Waals surface area (Å²) in [4.78, 5) is 22.9. The van der Waals surface area contributed by atoms with Gasteiger partial charge in [0.1, 0.15) is 19.3 Å². The lowest BCUT2D eigenvalue weighted by atomic mass is 10.0. The normalized spacial score (nSPS) is 18.1. The number of methoxy groups -OCH3 is 1. The number of anilines is 1. The van der Waals surface area contributed by atoms with E-state index in [-0.39, 0.29) is 12.2 Å². The minimum atomic E-state index is -0.518. The van der Waals surface area contributed by atoms with Crippen molar-refractivity contribution < 1.29 is 28.8 Å². The molecule has 2 aliphatic rings. The second-order valence-electron chi connectivity index (χ2n) is 8.41. The number of fused-ring (bicyclic) bond motifs is 2. The van der Waals surface area contributed by atoms with Crippen molar-refractivity contribution in [3.8, 4) is 17.4 Å². The monoisotopic (exact) mass is 465 g/mol. The molecule has 1 N–H and O–H groups in total. The van der Waals surface area contributed by atoms with Crippen LogP contribution in [0, 0.1) is 0 Å². The van der Waals surface area contributed by atoms with Crippen LogP contribution >= 0.6 is 0 Å². The number of carbonyl (C=O) groups excluding carboxylic acids is 1. The minimum Gasteiger partial charge on any atom is -0.486 e. The van der Waals surface area contributed by atoms with Crippen LogP contribution < -0.4 is 19.1 Å². The number of aryl methyl sites for hydroxylation is 1. The summed E-state index contributed by atoms with van der Waals surface area (Å²) in [6.07, 6.45) is 2.92. The molecule has 5 rings (SSSR count). The van der Waals surface area contributed by atoms with Gasteiger partial charge in [0.25, 0.3) is 0 Å². The Kier molecular flexibility index (Phi) is 6.35. The Labute approximate surface area is 197 Å². The average molecular weight is 466 g/mol. The van der Waals surface area contributed by atoms with Crippen molar-refractivity contribution in [3.05, 3.63) is 48.2 Å². The highest BCUT2D eigenvalue weighted by Gasteiger charge is 2.33. The zero-order chi connectivity index (χ0) is 23.5. The number of benzene rings is 1. The second-order valence-corrected chi connectivity index (χ2v) is 8.41. The van der Waals surface area contributed by atoms with Crippen LogP contribution in [0.25, 0.3) is 11.0 Å². The molecular weight excluding hydrogens is 438 g/mol. The van der Waals surface area contributed by atoms with E-state index in [4.69, 9.17) is 18.9 Å². The number of aliphatic hydroxyl groups is 1. The van der Waals surface area contributed by atoms with E-state index < -0.39 is 6.10 Å². The highest BCUT2D eigenvalue weighted by atomic mass is 16.6. The van der Waals surface area contributed by atoms with Crippen LogP contribution in [0.3, 0.4) is 0 Å². The average Bonchev–Trinajstić information content (AvgIpc) is 3.25. The molecule has 1 amide bonds. The Hall–Kier alpha value is -3.59. The molecule has 0 bridgehead atoms. The second kappa shape index (κ2) is 9.72. The van der Waals surface area contributed by atoms with Gasteiger partial charge in [0.15, 0.2) is 11.5 Å². The Morgan fingerprint density at radius 1 is 1.15 bits per heavy atom. The molecule has 1 unspecified atom stereocenters. The quantitative estimate of drug-likeness (QED) is 0.539. The molecule has 2 aromatic heterocycles. The van der Waals surface area contributed by atoms with E-state index in [1.54, 1.807) is 36.4 Å². The first-order valence-electron chi connectivity index (χ1n) is 11.4. The van der Waals surface area contributed by atoms with Crippen LogP contribution in [0.2, 0.25) is 0 Å². The first-order valence-corrected chi connectivity index (χ1v) is 11.4. The lowest BCUT2D eigenvalue weighted by molar-refractivity contribution is 0.107. The van der Waals surface area contributed by atoms with Crippen LogP contribution in [0.5, 0.6) is 17.4 Å². The van der Waals surface area contributed by atoms with Gasteiger partial charge < -0.3 is 24.1 Å². The predicted molar refractivity (Wildman–Crippen MR) is 125 cm³/mol. The van der Waals surface area contributed by atoms with Crippen LogP contribution in [0.1, 0.15) is 24.8 Å². The van der Waals surface area contributed by atoms with Gasteiger partial charge in [-0.2, -0.15) is 0 Å². The summed E-state index contributed by atoms with van der Waals surface area (Å²) in [5.74, 6) is 1.84. The Morgan fingerprint density at radius 2 is 2.00 bits per heavy atom. The van der Waals surface area contributed by atoms with E-state index in [0.717, 1.165) is 16.6 Å². The molecule has 34 heavy (non-hydrogen) atoms. The summed E-state index contributed by atoms with van der Waals surface area (Å²) in [5.41, 5.74) is 3.31. The molecule has 1 aromatic carbocycles. The van der Waals surface area contributed by atoms with Crippen molar-refractivity contribution in [2.24, 2.45) is 0 Å². The molecular formula is C25H27N3O6. The highest BCUT2D eigenvalue weighted by Crippen LogP contribution is 2.35. The third kappa shape index (κ3) is 4.70. The number of aromatic nitrogens is 2. The van der Waals surface area contributed by atoms with Crippen molar-refractivity contribution in [3.63, 3.8) is 0 Å². The first kappa shape index (κ1) is 22.2. The number of hydrogen-bond donors (Lipinski definition) is 1. The minimum absolute atomic E-state index is 0.275. The summed E-state index contributed by atoms with van der Waals surface area (Å²) in [6.45, 7) is 1.44. The molecule has 9 heteroatoms. The number of ether oxygens (including phenoxy) is 4. The summed E-state index contributed by atoms with van der Waals surface area (Å²) < 4.78 is 21.9. The zero-order valence-electron chi connectivity index (χ0n) is 19.0. The van der Waals surface area contributed by atoms with Crippen LogP contribution in [0.15, 0.2) is 42.6 Å². The molecule has 2 atom stereocenters. The number of aliphatic hydroxyl groups excluding tert-OH is 1. The highest BCUT2D eigenvalue weighted by molar-refractivity contribution is 5.90. The van der Waals surface area contributed by atoms with Gasteiger partial charge in [0.05, 0.1) is 36.5 Å². The molecule has 1 fully saturated rings. The van der Waals surface area contributed by atoms with Crippen molar-refractivity contribution in [1.29, 1.82) is 0 Å². The summed E-state index contributed by atoms with van der Waals surface area (Å²) in [6, 6.07) is 11.0. The van der Waals surface area contributed by atoms with Gasteiger partial charge in [0.2, 0.25) is 5.88 Å². The molecule has 0 spiro atoms. The third-order valence-electron chi connectivity index (χ3n) is 6.13. The lowest BCUT2D eigenvalue weighted by Gasteiger charge is -2.21. The van der Waals surface area contributed by atoms with E-state index in [0.29, 0.717) is 68.5 Å². The van der Waals surface area contributed by atoms with E-state index in [9.17, 15) is 9.90 Å². The lowest BCUT2D eigenvalue weighted by Crippen LogP contribution is -2.25. The number of pyridine rings is 2. The summed E-state index contributed by atoms with van der Waals surface area (Å²) in [7, 11) is 1.58. The van der Waals surface area contributed by atoms with Gasteiger partial charge >= 0.3 is 6.09 Å². The van der Waals surface area contributed by atoms with Crippen LogP contribution in [-0.2, 0) is 11.2 Å². The summed E-state index contributed by atoms with van der Waals surface area (Å²) >= 11 is 0.